The predicted molar refractivity (Wildman–Crippen MR) is 45.5 cm³/mol. The zero-order valence-corrected chi connectivity index (χ0v) is 8.05. The number of methoxy groups -OCH3 is 1. The monoisotopic (exact) mass is 158 g/mol. The molecule has 0 aromatic rings. The van der Waals surface area contributed by atoms with Gasteiger partial charge in [0.2, 0.25) is 0 Å². The van der Waals surface area contributed by atoms with Crippen molar-refractivity contribution < 1.29 is 9.53 Å². The highest BCUT2D eigenvalue weighted by atomic mass is 16.5. The highest BCUT2D eigenvalue weighted by Gasteiger charge is 2.23. The van der Waals surface area contributed by atoms with E-state index in [9.17, 15) is 4.79 Å². The maximum Gasteiger partial charge on any atom is 0.158 e. The largest absolute Gasteiger partial charge is 0.373 e. The molecule has 0 heterocycles. The minimum atomic E-state index is -0.227. The van der Waals surface area contributed by atoms with Crippen LogP contribution < -0.4 is 0 Å². The maximum atomic E-state index is 11.0. The van der Waals surface area contributed by atoms with E-state index in [0.717, 1.165) is 0 Å². The third kappa shape index (κ3) is 3.02. The van der Waals surface area contributed by atoms with Crippen molar-refractivity contribution in [3.05, 3.63) is 0 Å². The van der Waals surface area contributed by atoms with E-state index in [-0.39, 0.29) is 11.9 Å². The molecule has 0 rings (SSSR count). The average Bonchev–Trinajstić information content (AvgIpc) is 1.88. The topological polar surface area (TPSA) is 26.3 Å². The Balaban J connectivity index is 4.14. The summed E-state index contributed by atoms with van der Waals surface area (Å²) in [5.74, 6) is 0.912. The normalized spacial score (nSPS) is 16.5. The van der Waals surface area contributed by atoms with Gasteiger partial charge in [0.15, 0.2) is 5.78 Å². The maximum absolute atomic E-state index is 11.0. The number of hydrogen-bond acceptors (Lipinski definition) is 2. The highest BCUT2D eigenvalue weighted by Crippen LogP contribution is 2.17. The van der Waals surface area contributed by atoms with Crippen LogP contribution >= 0.6 is 0 Å². The van der Waals surface area contributed by atoms with Crippen LogP contribution in [-0.2, 0) is 9.53 Å². The lowest BCUT2D eigenvalue weighted by Crippen LogP contribution is -2.31. The molecule has 2 heteroatoms. The molecule has 0 saturated carbocycles. The van der Waals surface area contributed by atoms with Gasteiger partial charge < -0.3 is 4.74 Å². The molecule has 0 amide bonds. The summed E-state index contributed by atoms with van der Waals surface area (Å²) < 4.78 is 5.09. The Hall–Kier alpha value is -0.370. The second kappa shape index (κ2) is 4.50. The number of hydrogen-bond donors (Lipinski definition) is 0. The molecule has 11 heavy (non-hydrogen) atoms. The lowest BCUT2D eigenvalue weighted by molar-refractivity contribution is -0.130. The number of rotatable bonds is 4. The van der Waals surface area contributed by atoms with Crippen molar-refractivity contribution >= 4 is 5.78 Å². The fourth-order valence-electron chi connectivity index (χ4n) is 1.10. The second-order valence-electron chi connectivity index (χ2n) is 3.37. The summed E-state index contributed by atoms with van der Waals surface area (Å²) in [5.41, 5.74) is 0. The first kappa shape index (κ1) is 10.6. The summed E-state index contributed by atoms with van der Waals surface area (Å²) in [4.78, 5) is 11.0. The summed E-state index contributed by atoms with van der Waals surface area (Å²) in [6.45, 7) is 7.81. The van der Waals surface area contributed by atoms with Gasteiger partial charge in [-0.25, -0.2) is 0 Å². The van der Waals surface area contributed by atoms with E-state index < -0.39 is 0 Å². The molecule has 2 nitrogen and oxygen atoms in total. The van der Waals surface area contributed by atoms with Gasteiger partial charge in [-0.05, 0) is 18.8 Å². The number of carbonyl (C=O) groups is 1. The van der Waals surface area contributed by atoms with E-state index in [2.05, 4.69) is 13.8 Å². The first-order chi connectivity index (χ1) is 5.00. The van der Waals surface area contributed by atoms with Crippen LogP contribution in [0.25, 0.3) is 0 Å². The number of Topliss-reactive ketones (excluding diaryl/α,β-unsaturated/α-hetero) is 1. The summed E-state index contributed by atoms with van der Waals surface area (Å²) >= 11 is 0. The molecule has 0 aliphatic rings. The Kier molecular flexibility index (Phi) is 4.34. The van der Waals surface area contributed by atoms with Gasteiger partial charge in [-0.2, -0.15) is 0 Å². The van der Waals surface area contributed by atoms with E-state index in [0.29, 0.717) is 11.8 Å². The number of ether oxygens (including phenoxy) is 1. The molecule has 66 valence electrons. The van der Waals surface area contributed by atoms with E-state index in [1.54, 1.807) is 14.0 Å². The minimum absolute atomic E-state index is 0.119. The Bertz CT molecular complexity index is 130. The molecule has 0 saturated heterocycles. The zero-order chi connectivity index (χ0) is 9.02. The fourth-order valence-corrected chi connectivity index (χ4v) is 1.10. The van der Waals surface area contributed by atoms with Crippen molar-refractivity contribution in [3.63, 3.8) is 0 Å². The summed E-state index contributed by atoms with van der Waals surface area (Å²) in [7, 11) is 1.59. The Morgan fingerprint density at radius 1 is 1.27 bits per heavy atom. The molecule has 0 spiro atoms. The Morgan fingerprint density at radius 2 is 1.73 bits per heavy atom. The Labute approximate surface area is 68.9 Å². The zero-order valence-electron chi connectivity index (χ0n) is 8.05. The Morgan fingerprint density at radius 3 is 1.82 bits per heavy atom. The lowest BCUT2D eigenvalue weighted by Gasteiger charge is -2.23. The molecule has 0 bridgehead atoms. The van der Waals surface area contributed by atoms with Crippen LogP contribution in [0.1, 0.15) is 27.7 Å². The first-order valence-electron chi connectivity index (χ1n) is 4.04. The molecule has 0 aromatic carbocycles. The third-order valence-corrected chi connectivity index (χ3v) is 2.18. The quantitative estimate of drug-likeness (QED) is 0.624. The van der Waals surface area contributed by atoms with Gasteiger partial charge in [0, 0.05) is 7.11 Å². The summed E-state index contributed by atoms with van der Waals surface area (Å²) in [6, 6.07) is 0. The molecule has 0 aromatic heterocycles. The van der Waals surface area contributed by atoms with Crippen molar-refractivity contribution in [2.24, 2.45) is 11.8 Å². The standard InChI is InChI=1S/C9H18O2/c1-6(2)7(3)9(11-5)8(4)10/h6-7,9H,1-5H3. The van der Waals surface area contributed by atoms with Crippen molar-refractivity contribution in [2.75, 3.05) is 7.11 Å². The van der Waals surface area contributed by atoms with Crippen LogP contribution in [0.5, 0.6) is 0 Å². The van der Waals surface area contributed by atoms with Gasteiger partial charge in [0.1, 0.15) is 6.10 Å². The van der Waals surface area contributed by atoms with Gasteiger partial charge in [0.25, 0.3) is 0 Å². The molecule has 2 atom stereocenters. The van der Waals surface area contributed by atoms with Crippen LogP contribution in [0.4, 0.5) is 0 Å². The number of ketones is 1. The SMILES string of the molecule is COC(C(C)=O)C(C)C(C)C. The van der Waals surface area contributed by atoms with Crippen LogP contribution in [0.3, 0.4) is 0 Å². The molecule has 0 aliphatic heterocycles. The molecule has 2 unspecified atom stereocenters. The fraction of sp³-hybridized carbons (Fsp3) is 0.889. The smallest absolute Gasteiger partial charge is 0.158 e. The van der Waals surface area contributed by atoms with Crippen molar-refractivity contribution in [3.8, 4) is 0 Å². The van der Waals surface area contributed by atoms with Crippen molar-refractivity contribution in [2.45, 2.75) is 33.8 Å². The van der Waals surface area contributed by atoms with Crippen LogP contribution in [-0.4, -0.2) is 19.0 Å². The van der Waals surface area contributed by atoms with Gasteiger partial charge in [0.05, 0.1) is 0 Å². The van der Waals surface area contributed by atoms with Crippen molar-refractivity contribution in [1.82, 2.24) is 0 Å². The molecule has 0 fully saturated rings. The molecular formula is C9H18O2. The van der Waals surface area contributed by atoms with E-state index in [1.807, 2.05) is 6.92 Å². The van der Waals surface area contributed by atoms with Gasteiger partial charge in [-0.1, -0.05) is 20.8 Å². The van der Waals surface area contributed by atoms with Gasteiger partial charge >= 0.3 is 0 Å². The van der Waals surface area contributed by atoms with Gasteiger partial charge in [-0.3, -0.25) is 4.79 Å². The highest BCUT2D eigenvalue weighted by molar-refractivity contribution is 5.80. The molecule has 0 aliphatic carbocycles. The van der Waals surface area contributed by atoms with Crippen LogP contribution in [0, 0.1) is 11.8 Å². The van der Waals surface area contributed by atoms with E-state index >= 15 is 0 Å². The minimum Gasteiger partial charge on any atom is -0.373 e. The molecule has 0 N–H and O–H groups in total. The summed E-state index contributed by atoms with van der Waals surface area (Å²) in [6.07, 6.45) is -0.227. The predicted octanol–water partition coefficient (Wildman–Crippen LogP) is 1.88. The molecular weight excluding hydrogens is 140 g/mol. The van der Waals surface area contributed by atoms with Crippen LogP contribution in [0.2, 0.25) is 0 Å². The van der Waals surface area contributed by atoms with E-state index in [4.69, 9.17) is 4.74 Å². The van der Waals surface area contributed by atoms with Crippen molar-refractivity contribution in [1.29, 1.82) is 0 Å². The molecule has 0 radical (unpaired) electrons. The van der Waals surface area contributed by atoms with Gasteiger partial charge in [-0.15, -0.1) is 0 Å². The number of carbonyl (C=O) groups excluding carboxylic acids is 1. The van der Waals surface area contributed by atoms with Crippen LogP contribution in [0.15, 0.2) is 0 Å². The second-order valence-corrected chi connectivity index (χ2v) is 3.37. The third-order valence-electron chi connectivity index (χ3n) is 2.18. The lowest BCUT2D eigenvalue weighted by atomic mass is 9.90. The van der Waals surface area contributed by atoms with E-state index in [1.165, 1.54) is 0 Å². The summed E-state index contributed by atoms with van der Waals surface area (Å²) in [5, 5.41) is 0. The first-order valence-corrected chi connectivity index (χ1v) is 4.04. The average molecular weight is 158 g/mol.